The molecule has 5 nitrogen and oxygen atoms in total. The Morgan fingerprint density at radius 2 is 1.79 bits per heavy atom. The summed E-state index contributed by atoms with van der Waals surface area (Å²) >= 11 is 0. The lowest BCUT2D eigenvalue weighted by Crippen LogP contribution is -2.57. The lowest BCUT2D eigenvalue weighted by Gasteiger charge is -2.43. The molecule has 0 unspecified atom stereocenters. The number of piperazine rings is 1. The zero-order valence-electron chi connectivity index (χ0n) is 19.0. The molecule has 0 bridgehead atoms. The van der Waals surface area contributed by atoms with E-state index in [2.05, 4.69) is 0 Å². The van der Waals surface area contributed by atoms with Crippen molar-refractivity contribution in [3.05, 3.63) is 41.3 Å². The molecule has 9 heteroatoms. The summed E-state index contributed by atoms with van der Waals surface area (Å²) in [6.07, 6.45) is -2.07. The molecule has 5 rings (SSSR count). The monoisotopic (exact) mass is 476 g/mol. The predicted octanol–water partition coefficient (Wildman–Crippen LogP) is 5.04. The SMILES string of the molecule is Cc1c(N)c(N2CCN(C(=O)CC(F)(F)F)[C@H](C3CC3)C2)nc(C2CC2)c1-c1ccc(F)cc1. The zero-order chi connectivity index (χ0) is 24.2. The molecular weight excluding hydrogens is 448 g/mol. The third kappa shape index (κ3) is 4.57. The molecule has 1 atom stereocenters. The smallest absolute Gasteiger partial charge is 0.396 e. The maximum atomic E-state index is 13.5. The van der Waals surface area contributed by atoms with E-state index in [4.69, 9.17) is 10.7 Å². The second kappa shape index (κ2) is 8.43. The van der Waals surface area contributed by atoms with E-state index in [1.165, 1.54) is 17.0 Å². The largest absolute Gasteiger partial charge is 0.397 e. The van der Waals surface area contributed by atoms with Crippen molar-refractivity contribution in [3.8, 4) is 11.1 Å². The fourth-order valence-electron chi connectivity index (χ4n) is 5.07. The quantitative estimate of drug-likeness (QED) is 0.615. The zero-order valence-corrected chi connectivity index (χ0v) is 19.0. The summed E-state index contributed by atoms with van der Waals surface area (Å²) in [5.41, 5.74) is 10.7. The van der Waals surface area contributed by atoms with Gasteiger partial charge in [0.1, 0.15) is 12.2 Å². The van der Waals surface area contributed by atoms with E-state index in [1.807, 2.05) is 11.8 Å². The maximum Gasteiger partial charge on any atom is 0.397 e. The summed E-state index contributed by atoms with van der Waals surface area (Å²) in [4.78, 5) is 20.8. The Labute approximate surface area is 195 Å². The van der Waals surface area contributed by atoms with Gasteiger partial charge in [-0.1, -0.05) is 12.1 Å². The Morgan fingerprint density at radius 3 is 2.38 bits per heavy atom. The van der Waals surface area contributed by atoms with Gasteiger partial charge in [0.05, 0.1) is 17.4 Å². The molecule has 2 saturated carbocycles. The van der Waals surface area contributed by atoms with Crippen LogP contribution >= 0.6 is 0 Å². The Kier molecular flexibility index (Phi) is 5.68. The van der Waals surface area contributed by atoms with E-state index >= 15 is 0 Å². The van der Waals surface area contributed by atoms with Crippen LogP contribution in [-0.2, 0) is 4.79 Å². The summed E-state index contributed by atoms with van der Waals surface area (Å²) in [6.45, 7) is 2.95. The van der Waals surface area contributed by atoms with Gasteiger partial charge in [-0.15, -0.1) is 0 Å². The third-order valence-electron chi connectivity index (χ3n) is 7.16. The third-order valence-corrected chi connectivity index (χ3v) is 7.16. The van der Waals surface area contributed by atoms with Crippen LogP contribution in [0.25, 0.3) is 11.1 Å². The van der Waals surface area contributed by atoms with Gasteiger partial charge in [-0.05, 0) is 61.8 Å². The molecule has 2 heterocycles. The number of hydrogen-bond donors (Lipinski definition) is 1. The van der Waals surface area contributed by atoms with Gasteiger partial charge < -0.3 is 15.5 Å². The number of amides is 1. The summed E-state index contributed by atoms with van der Waals surface area (Å²) in [6, 6.07) is 6.04. The van der Waals surface area contributed by atoms with Crippen LogP contribution in [-0.4, -0.2) is 47.6 Å². The summed E-state index contributed by atoms with van der Waals surface area (Å²) in [5.74, 6) is -0.00279. The number of rotatable bonds is 5. The molecule has 0 radical (unpaired) electrons. The maximum absolute atomic E-state index is 13.5. The fraction of sp³-hybridized carbons (Fsp3) is 0.520. The molecule has 2 N–H and O–H groups in total. The van der Waals surface area contributed by atoms with Gasteiger partial charge >= 0.3 is 6.18 Å². The number of hydrogen-bond acceptors (Lipinski definition) is 4. The molecule has 1 aliphatic heterocycles. The number of carbonyl (C=O) groups excluding carboxylic acids is 1. The molecule has 3 fully saturated rings. The van der Waals surface area contributed by atoms with Crippen LogP contribution in [0.15, 0.2) is 24.3 Å². The van der Waals surface area contributed by atoms with Crippen molar-refractivity contribution in [2.24, 2.45) is 5.92 Å². The Hall–Kier alpha value is -2.84. The topological polar surface area (TPSA) is 62.5 Å². The minimum absolute atomic E-state index is 0.212. The number of nitrogens with two attached hydrogens (primary N) is 1. The van der Waals surface area contributed by atoms with Gasteiger partial charge in [0, 0.05) is 31.1 Å². The number of benzene rings is 1. The average Bonchev–Trinajstić information content (AvgIpc) is 3.68. The van der Waals surface area contributed by atoms with Gasteiger partial charge in [0.2, 0.25) is 5.91 Å². The highest BCUT2D eigenvalue weighted by Crippen LogP contribution is 2.48. The fourth-order valence-corrected chi connectivity index (χ4v) is 5.07. The van der Waals surface area contributed by atoms with E-state index in [9.17, 15) is 22.4 Å². The molecular formula is C25H28F4N4O. The molecule has 1 amide bonds. The number of alkyl halides is 3. The molecule has 1 aromatic heterocycles. The van der Waals surface area contributed by atoms with Gasteiger partial charge in [-0.2, -0.15) is 13.2 Å². The minimum atomic E-state index is -4.51. The summed E-state index contributed by atoms with van der Waals surface area (Å²) < 4.78 is 52.1. The lowest BCUT2D eigenvalue weighted by atomic mass is 9.95. The van der Waals surface area contributed by atoms with E-state index in [0.717, 1.165) is 48.1 Å². The molecule has 2 aliphatic carbocycles. The average molecular weight is 477 g/mol. The summed E-state index contributed by atoms with van der Waals surface area (Å²) in [5, 5.41) is 0. The van der Waals surface area contributed by atoms with E-state index in [-0.39, 0.29) is 24.3 Å². The van der Waals surface area contributed by atoms with Crippen LogP contribution in [0.4, 0.5) is 29.1 Å². The van der Waals surface area contributed by atoms with Crippen molar-refractivity contribution in [1.82, 2.24) is 9.88 Å². The Bertz CT molecular complexity index is 1090. The summed E-state index contributed by atoms with van der Waals surface area (Å²) in [7, 11) is 0. The molecule has 1 saturated heterocycles. The number of halogens is 4. The highest BCUT2D eigenvalue weighted by molar-refractivity contribution is 5.82. The second-order valence-electron chi connectivity index (χ2n) is 9.75. The van der Waals surface area contributed by atoms with Crippen molar-refractivity contribution < 1.29 is 22.4 Å². The van der Waals surface area contributed by atoms with Crippen LogP contribution in [0.3, 0.4) is 0 Å². The highest BCUT2D eigenvalue weighted by atomic mass is 19.4. The van der Waals surface area contributed by atoms with Crippen LogP contribution in [0.2, 0.25) is 0 Å². The van der Waals surface area contributed by atoms with E-state index < -0.39 is 18.5 Å². The minimum Gasteiger partial charge on any atom is -0.396 e. The first-order valence-electron chi connectivity index (χ1n) is 11.8. The van der Waals surface area contributed by atoms with Gasteiger partial charge in [-0.3, -0.25) is 4.79 Å². The second-order valence-corrected chi connectivity index (χ2v) is 9.75. The normalized spacial score (nSPS) is 21.1. The Balaban J connectivity index is 1.46. The molecule has 0 spiro atoms. The van der Waals surface area contributed by atoms with Crippen molar-refractivity contribution >= 4 is 17.4 Å². The Morgan fingerprint density at radius 1 is 1.12 bits per heavy atom. The predicted molar refractivity (Wildman–Crippen MR) is 122 cm³/mol. The van der Waals surface area contributed by atoms with E-state index in [0.29, 0.717) is 30.5 Å². The van der Waals surface area contributed by atoms with E-state index in [1.54, 1.807) is 12.1 Å². The van der Waals surface area contributed by atoms with Crippen LogP contribution < -0.4 is 10.6 Å². The van der Waals surface area contributed by atoms with Crippen molar-refractivity contribution in [3.63, 3.8) is 0 Å². The number of nitrogen functional groups attached to an aromatic ring is 1. The number of carbonyl (C=O) groups is 1. The molecule has 2 aromatic rings. The highest BCUT2D eigenvalue weighted by Gasteiger charge is 2.44. The van der Waals surface area contributed by atoms with Gasteiger partial charge in [0.25, 0.3) is 0 Å². The number of pyridine rings is 1. The van der Waals surface area contributed by atoms with Crippen molar-refractivity contribution in [2.75, 3.05) is 30.3 Å². The first-order chi connectivity index (χ1) is 16.1. The first kappa shape index (κ1) is 22.9. The molecule has 182 valence electrons. The van der Waals surface area contributed by atoms with Crippen LogP contribution in [0.5, 0.6) is 0 Å². The number of aromatic nitrogens is 1. The molecule has 34 heavy (non-hydrogen) atoms. The van der Waals surface area contributed by atoms with Crippen molar-refractivity contribution in [1.29, 1.82) is 0 Å². The first-order valence-corrected chi connectivity index (χ1v) is 11.8. The molecule has 3 aliphatic rings. The lowest BCUT2D eigenvalue weighted by molar-refractivity contribution is -0.163. The van der Waals surface area contributed by atoms with Gasteiger partial charge in [0.15, 0.2) is 5.82 Å². The van der Waals surface area contributed by atoms with Crippen molar-refractivity contribution in [2.45, 2.75) is 57.2 Å². The number of nitrogens with zero attached hydrogens (tertiary/aromatic N) is 3. The van der Waals surface area contributed by atoms with Crippen LogP contribution in [0.1, 0.15) is 49.3 Å². The van der Waals surface area contributed by atoms with Crippen LogP contribution in [0, 0.1) is 18.7 Å². The molecule has 1 aromatic carbocycles. The number of anilines is 2. The standard InChI is InChI=1S/C25H28F4N4O/c1-14-21(16-6-8-18(26)9-7-16)23(17-4-5-17)31-24(22(14)30)32-10-11-33(19(13-32)15-2-3-15)20(34)12-25(27,28)29/h6-9,15,17,19H,2-5,10-13,30H2,1H3/t19-/m0/s1. The van der Waals surface area contributed by atoms with Gasteiger partial charge in [-0.25, -0.2) is 9.37 Å².